The Hall–Kier alpha value is -1.49. The third-order valence-corrected chi connectivity index (χ3v) is 4.09. The number of anilines is 1. The molecular formula is C13H16N4S. The van der Waals surface area contributed by atoms with Gasteiger partial charge in [-0.3, -0.25) is 4.98 Å². The molecule has 5 heteroatoms. The molecule has 0 amide bonds. The Balaban J connectivity index is 2.10. The minimum Gasteiger partial charge on any atom is -0.373 e. The van der Waals surface area contributed by atoms with Crippen molar-refractivity contribution in [2.75, 3.05) is 12.4 Å². The van der Waals surface area contributed by atoms with Crippen molar-refractivity contribution in [2.24, 2.45) is 0 Å². The molecule has 0 aromatic carbocycles. The first-order valence-corrected chi connectivity index (χ1v) is 7.23. The molecule has 0 bridgehead atoms. The lowest BCUT2D eigenvalue weighted by Gasteiger charge is -2.12. The number of fused-ring (bicyclic) bond motifs is 1. The minimum absolute atomic E-state index is 0.808. The summed E-state index contributed by atoms with van der Waals surface area (Å²) in [6.45, 7) is 0. The van der Waals surface area contributed by atoms with Crippen molar-refractivity contribution in [1.82, 2.24) is 15.0 Å². The quantitative estimate of drug-likeness (QED) is 0.844. The van der Waals surface area contributed by atoms with Gasteiger partial charge in [-0.05, 0) is 25.7 Å². The largest absolute Gasteiger partial charge is 0.373 e. The Morgan fingerprint density at radius 1 is 1.17 bits per heavy atom. The monoisotopic (exact) mass is 260 g/mol. The maximum Gasteiger partial charge on any atom is 0.173 e. The van der Waals surface area contributed by atoms with E-state index in [0.29, 0.717) is 0 Å². The molecule has 1 N–H and O–H groups in total. The molecule has 1 aliphatic carbocycles. The van der Waals surface area contributed by atoms with Gasteiger partial charge in [0, 0.05) is 24.5 Å². The molecule has 4 nitrogen and oxygen atoms in total. The lowest BCUT2D eigenvalue weighted by Crippen LogP contribution is -2.06. The zero-order valence-corrected chi connectivity index (χ0v) is 11.3. The highest BCUT2D eigenvalue weighted by atomic mass is 32.1. The fourth-order valence-corrected chi connectivity index (χ4v) is 2.97. The Labute approximate surface area is 111 Å². The van der Waals surface area contributed by atoms with E-state index in [9.17, 15) is 0 Å². The predicted octanol–water partition coefficient (Wildman–Crippen LogP) is 2.91. The maximum atomic E-state index is 4.74. The van der Waals surface area contributed by atoms with Gasteiger partial charge in [-0.2, -0.15) is 0 Å². The van der Waals surface area contributed by atoms with E-state index in [0.717, 1.165) is 29.4 Å². The van der Waals surface area contributed by atoms with Crippen molar-refractivity contribution in [3.05, 3.63) is 23.0 Å². The van der Waals surface area contributed by atoms with Crippen LogP contribution < -0.4 is 5.32 Å². The molecule has 0 atom stereocenters. The molecule has 2 heterocycles. The Morgan fingerprint density at radius 3 is 2.83 bits per heavy atom. The van der Waals surface area contributed by atoms with Gasteiger partial charge in [0.25, 0.3) is 0 Å². The second-order valence-corrected chi connectivity index (χ2v) is 5.38. The molecule has 18 heavy (non-hydrogen) atoms. The number of aromatic nitrogens is 3. The highest BCUT2D eigenvalue weighted by Crippen LogP contribution is 2.28. The number of hydrogen-bond acceptors (Lipinski definition) is 5. The fourth-order valence-electron chi connectivity index (χ4n) is 2.41. The van der Waals surface area contributed by atoms with Crippen molar-refractivity contribution < 1.29 is 0 Å². The van der Waals surface area contributed by atoms with E-state index in [2.05, 4.69) is 15.3 Å². The van der Waals surface area contributed by atoms with Crippen LogP contribution in [0.15, 0.2) is 11.7 Å². The van der Waals surface area contributed by atoms with Crippen LogP contribution in [0.1, 0.15) is 30.5 Å². The summed E-state index contributed by atoms with van der Waals surface area (Å²) in [5.74, 6) is 1.80. The molecule has 0 fully saturated rings. The van der Waals surface area contributed by atoms with Gasteiger partial charge in [-0.15, -0.1) is 11.3 Å². The van der Waals surface area contributed by atoms with Crippen molar-refractivity contribution in [3.63, 3.8) is 0 Å². The Kier molecular flexibility index (Phi) is 3.23. The lowest BCUT2D eigenvalue weighted by atomic mass is 10.1. The van der Waals surface area contributed by atoms with Gasteiger partial charge in [0.15, 0.2) is 5.82 Å². The standard InChI is InChI=1S/C13H16N4S/c1-14-12-9-5-3-2-4-6-10(9)16-13(17-12)11-7-15-8-18-11/h7-8H,2-6H2,1H3,(H,14,16,17). The van der Waals surface area contributed by atoms with Gasteiger partial charge in [-0.25, -0.2) is 9.97 Å². The number of aryl methyl sites for hydroxylation is 1. The molecule has 0 aliphatic heterocycles. The molecule has 2 aromatic rings. The molecule has 0 saturated heterocycles. The second-order valence-electron chi connectivity index (χ2n) is 4.50. The minimum atomic E-state index is 0.808. The SMILES string of the molecule is CNc1nc(-c2cncs2)nc2c1CCCCC2. The first-order valence-electron chi connectivity index (χ1n) is 6.35. The average Bonchev–Trinajstić information content (AvgIpc) is 2.83. The molecule has 1 aliphatic rings. The topological polar surface area (TPSA) is 50.7 Å². The van der Waals surface area contributed by atoms with Crippen LogP contribution in [0.25, 0.3) is 10.7 Å². The normalized spacial score (nSPS) is 14.9. The number of nitrogens with zero attached hydrogens (tertiary/aromatic N) is 3. The predicted molar refractivity (Wildman–Crippen MR) is 73.9 cm³/mol. The Morgan fingerprint density at radius 2 is 2.06 bits per heavy atom. The zero-order chi connectivity index (χ0) is 12.4. The molecule has 3 rings (SSSR count). The summed E-state index contributed by atoms with van der Waals surface area (Å²) in [6.07, 6.45) is 7.75. The Bertz CT molecular complexity index is 536. The summed E-state index contributed by atoms with van der Waals surface area (Å²) in [5.41, 5.74) is 4.35. The van der Waals surface area contributed by atoms with E-state index in [1.165, 1.54) is 30.5 Å². The summed E-state index contributed by atoms with van der Waals surface area (Å²) in [6, 6.07) is 0. The summed E-state index contributed by atoms with van der Waals surface area (Å²) in [7, 11) is 1.93. The number of hydrogen-bond donors (Lipinski definition) is 1. The van der Waals surface area contributed by atoms with Crippen LogP contribution in [0.2, 0.25) is 0 Å². The molecule has 94 valence electrons. The van der Waals surface area contributed by atoms with Gasteiger partial charge in [0.05, 0.1) is 10.4 Å². The second kappa shape index (κ2) is 5.02. The van der Waals surface area contributed by atoms with E-state index in [1.807, 2.05) is 18.8 Å². The van der Waals surface area contributed by atoms with E-state index in [4.69, 9.17) is 4.98 Å². The summed E-state index contributed by atoms with van der Waals surface area (Å²) < 4.78 is 0. The van der Waals surface area contributed by atoms with Crippen molar-refractivity contribution in [2.45, 2.75) is 32.1 Å². The first kappa shape index (κ1) is 11.6. The van der Waals surface area contributed by atoms with Crippen LogP contribution in [0.3, 0.4) is 0 Å². The van der Waals surface area contributed by atoms with E-state index >= 15 is 0 Å². The lowest BCUT2D eigenvalue weighted by molar-refractivity contribution is 0.709. The number of nitrogens with one attached hydrogen (secondary N) is 1. The van der Waals surface area contributed by atoms with Crippen molar-refractivity contribution in [1.29, 1.82) is 0 Å². The van der Waals surface area contributed by atoms with Crippen LogP contribution >= 0.6 is 11.3 Å². The smallest absolute Gasteiger partial charge is 0.173 e. The van der Waals surface area contributed by atoms with E-state index < -0.39 is 0 Å². The van der Waals surface area contributed by atoms with Crippen LogP contribution in [0.5, 0.6) is 0 Å². The van der Waals surface area contributed by atoms with Crippen LogP contribution in [-0.4, -0.2) is 22.0 Å². The van der Waals surface area contributed by atoms with Crippen LogP contribution in [0, 0.1) is 0 Å². The molecule has 0 unspecified atom stereocenters. The molecular weight excluding hydrogens is 244 g/mol. The first-order chi connectivity index (χ1) is 8.88. The third-order valence-electron chi connectivity index (χ3n) is 3.32. The number of rotatable bonds is 2. The van der Waals surface area contributed by atoms with E-state index in [-0.39, 0.29) is 0 Å². The van der Waals surface area contributed by atoms with Crippen molar-refractivity contribution >= 4 is 17.2 Å². The van der Waals surface area contributed by atoms with Crippen LogP contribution in [0.4, 0.5) is 5.82 Å². The van der Waals surface area contributed by atoms with Gasteiger partial charge < -0.3 is 5.32 Å². The molecule has 0 spiro atoms. The number of thiazole rings is 1. The van der Waals surface area contributed by atoms with E-state index in [1.54, 1.807) is 11.3 Å². The third kappa shape index (κ3) is 2.10. The average molecular weight is 260 g/mol. The van der Waals surface area contributed by atoms with Gasteiger partial charge in [0.2, 0.25) is 0 Å². The summed E-state index contributed by atoms with van der Waals surface area (Å²) in [5, 5.41) is 3.22. The van der Waals surface area contributed by atoms with Gasteiger partial charge in [0.1, 0.15) is 5.82 Å². The molecule has 0 saturated carbocycles. The summed E-state index contributed by atoms with van der Waals surface area (Å²) in [4.78, 5) is 14.5. The summed E-state index contributed by atoms with van der Waals surface area (Å²) >= 11 is 1.59. The van der Waals surface area contributed by atoms with Crippen molar-refractivity contribution in [3.8, 4) is 10.7 Å². The highest BCUT2D eigenvalue weighted by Gasteiger charge is 2.17. The van der Waals surface area contributed by atoms with Gasteiger partial charge >= 0.3 is 0 Å². The molecule has 2 aromatic heterocycles. The fraction of sp³-hybridized carbons (Fsp3) is 0.462. The molecule has 0 radical (unpaired) electrons. The highest BCUT2D eigenvalue weighted by molar-refractivity contribution is 7.13. The van der Waals surface area contributed by atoms with Crippen LogP contribution in [-0.2, 0) is 12.8 Å². The van der Waals surface area contributed by atoms with Gasteiger partial charge in [-0.1, -0.05) is 6.42 Å². The maximum absolute atomic E-state index is 4.74. The zero-order valence-electron chi connectivity index (χ0n) is 10.4.